The number of hydrogen-bond acceptors (Lipinski definition) is 3. The first-order valence-electron chi connectivity index (χ1n) is 7.01. The lowest BCUT2D eigenvalue weighted by Crippen LogP contribution is -2.30. The first-order valence-corrected chi connectivity index (χ1v) is 7.01. The summed E-state index contributed by atoms with van der Waals surface area (Å²) < 4.78 is 5.95. The molecule has 0 heterocycles. The average Bonchev–Trinajstić information content (AvgIpc) is 2.73. The van der Waals surface area contributed by atoms with E-state index in [-0.39, 0.29) is 5.91 Å². The lowest BCUT2D eigenvalue weighted by molar-refractivity contribution is 0.0309. The van der Waals surface area contributed by atoms with Crippen LogP contribution in [0.2, 0.25) is 0 Å². The number of nitrogen functional groups attached to an aromatic ring is 1. The number of hydrazine groups is 1. The van der Waals surface area contributed by atoms with Crippen molar-refractivity contribution in [3.63, 3.8) is 0 Å². The van der Waals surface area contributed by atoms with Crippen LogP contribution < -0.4 is 11.3 Å². The second-order valence-electron chi connectivity index (χ2n) is 5.10. The van der Waals surface area contributed by atoms with Crippen LogP contribution in [0, 0.1) is 0 Å². The molecule has 0 atom stereocenters. The largest absolute Gasteiger partial charge is 0.374 e. The van der Waals surface area contributed by atoms with E-state index < -0.39 is 0 Å². The number of nitrogens with one attached hydrogen (secondary N) is 1. The van der Waals surface area contributed by atoms with Gasteiger partial charge in [0.1, 0.15) is 0 Å². The zero-order valence-corrected chi connectivity index (χ0v) is 11.2. The molecule has 0 bridgehead atoms. The van der Waals surface area contributed by atoms with Crippen LogP contribution in [0.25, 0.3) is 0 Å². The number of hydrogen-bond donors (Lipinski definition) is 2. The van der Waals surface area contributed by atoms with Gasteiger partial charge in [0.05, 0.1) is 12.7 Å². The van der Waals surface area contributed by atoms with E-state index in [1.807, 2.05) is 18.2 Å². The summed E-state index contributed by atoms with van der Waals surface area (Å²) in [7, 11) is 0. The first kappa shape index (κ1) is 14.0. The lowest BCUT2D eigenvalue weighted by Gasteiger charge is -2.15. The van der Waals surface area contributed by atoms with Gasteiger partial charge in [-0.1, -0.05) is 37.8 Å². The summed E-state index contributed by atoms with van der Waals surface area (Å²) >= 11 is 0. The molecule has 0 unspecified atom stereocenters. The molecule has 1 aliphatic rings. The molecule has 1 aromatic carbocycles. The molecule has 0 aliphatic heterocycles. The van der Waals surface area contributed by atoms with Crippen LogP contribution in [0.1, 0.15) is 54.4 Å². The molecule has 1 amide bonds. The lowest BCUT2D eigenvalue weighted by atomic mass is 10.1. The fraction of sp³-hybridized carbons (Fsp3) is 0.533. The third kappa shape index (κ3) is 4.33. The van der Waals surface area contributed by atoms with Crippen molar-refractivity contribution >= 4 is 5.91 Å². The van der Waals surface area contributed by atoms with Crippen LogP contribution in [-0.2, 0) is 11.3 Å². The number of carbonyl (C=O) groups excluding carboxylic acids is 1. The topological polar surface area (TPSA) is 64.3 Å². The highest BCUT2D eigenvalue weighted by Crippen LogP contribution is 2.21. The number of benzene rings is 1. The fourth-order valence-electron chi connectivity index (χ4n) is 2.51. The Morgan fingerprint density at radius 3 is 2.68 bits per heavy atom. The Kier molecular flexibility index (Phi) is 5.36. The number of ether oxygens (including phenoxy) is 1. The Hall–Kier alpha value is -1.39. The van der Waals surface area contributed by atoms with Gasteiger partial charge >= 0.3 is 0 Å². The Bertz CT molecular complexity index is 412. The molecule has 0 radical (unpaired) electrons. The molecular weight excluding hydrogens is 240 g/mol. The Morgan fingerprint density at radius 2 is 2.00 bits per heavy atom. The molecule has 104 valence electrons. The number of amides is 1. The maximum absolute atomic E-state index is 11.4. The van der Waals surface area contributed by atoms with E-state index in [4.69, 9.17) is 10.6 Å². The molecule has 2 rings (SSSR count). The van der Waals surface area contributed by atoms with Crippen molar-refractivity contribution in [2.45, 2.75) is 51.2 Å². The van der Waals surface area contributed by atoms with Crippen LogP contribution in [-0.4, -0.2) is 12.0 Å². The van der Waals surface area contributed by atoms with Crippen molar-refractivity contribution in [2.75, 3.05) is 0 Å². The maximum atomic E-state index is 11.4. The van der Waals surface area contributed by atoms with E-state index in [2.05, 4.69) is 5.43 Å². The van der Waals surface area contributed by atoms with Gasteiger partial charge in [-0.25, -0.2) is 5.84 Å². The van der Waals surface area contributed by atoms with Gasteiger partial charge in [-0.05, 0) is 30.5 Å². The molecule has 4 heteroatoms. The second-order valence-corrected chi connectivity index (χ2v) is 5.10. The second kappa shape index (κ2) is 7.26. The predicted octanol–water partition coefficient (Wildman–Crippen LogP) is 2.53. The summed E-state index contributed by atoms with van der Waals surface area (Å²) in [4.78, 5) is 11.4. The van der Waals surface area contributed by atoms with Gasteiger partial charge in [-0.15, -0.1) is 0 Å². The van der Waals surface area contributed by atoms with Gasteiger partial charge in [-0.3, -0.25) is 10.2 Å². The van der Waals surface area contributed by atoms with E-state index in [0.29, 0.717) is 18.3 Å². The highest BCUT2D eigenvalue weighted by molar-refractivity contribution is 5.93. The van der Waals surface area contributed by atoms with Crippen molar-refractivity contribution in [1.29, 1.82) is 0 Å². The zero-order valence-electron chi connectivity index (χ0n) is 11.2. The highest BCUT2D eigenvalue weighted by Gasteiger charge is 2.13. The zero-order chi connectivity index (χ0) is 13.5. The minimum atomic E-state index is -0.267. The Labute approximate surface area is 114 Å². The predicted molar refractivity (Wildman–Crippen MR) is 74.4 cm³/mol. The molecule has 0 saturated heterocycles. The van der Waals surface area contributed by atoms with Gasteiger partial charge in [0.15, 0.2) is 0 Å². The van der Waals surface area contributed by atoms with Crippen LogP contribution >= 0.6 is 0 Å². The molecule has 1 fully saturated rings. The molecule has 4 nitrogen and oxygen atoms in total. The smallest absolute Gasteiger partial charge is 0.265 e. The van der Waals surface area contributed by atoms with Crippen molar-refractivity contribution in [3.05, 3.63) is 35.4 Å². The molecule has 0 aromatic heterocycles. The monoisotopic (exact) mass is 262 g/mol. The summed E-state index contributed by atoms with van der Waals surface area (Å²) in [6, 6.07) is 7.41. The molecule has 1 aromatic rings. The van der Waals surface area contributed by atoms with Crippen LogP contribution in [0.5, 0.6) is 0 Å². The summed E-state index contributed by atoms with van der Waals surface area (Å²) in [5.41, 5.74) is 3.73. The molecule has 1 aliphatic carbocycles. The Balaban J connectivity index is 1.89. The van der Waals surface area contributed by atoms with Crippen molar-refractivity contribution < 1.29 is 9.53 Å². The van der Waals surface area contributed by atoms with Crippen molar-refractivity contribution in [2.24, 2.45) is 5.84 Å². The number of carbonyl (C=O) groups is 1. The van der Waals surface area contributed by atoms with E-state index in [1.54, 1.807) is 6.07 Å². The first-order chi connectivity index (χ1) is 9.29. The van der Waals surface area contributed by atoms with E-state index in [9.17, 15) is 4.79 Å². The van der Waals surface area contributed by atoms with Crippen LogP contribution in [0.15, 0.2) is 24.3 Å². The van der Waals surface area contributed by atoms with Gasteiger partial charge in [0.2, 0.25) is 0 Å². The van der Waals surface area contributed by atoms with Crippen molar-refractivity contribution in [1.82, 2.24) is 5.43 Å². The van der Waals surface area contributed by atoms with Gasteiger partial charge in [0, 0.05) is 5.56 Å². The normalized spacial score (nSPS) is 16.9. The average molecular weight is 262 g/mol. The minimum Gasteiger partial charge on any atom is -0.374 e. The van der Waals surface area contributed by atoms with E-state index >= 15 is 0 Å². The summed E-state index contributed by atoms with van der Waals surface area (Å²) in [5, 5.41) is 0. The third-order valence-electron chi connectivity index (χ3n) is 3.61. The highest BCUT2D eigenvalue weighted by atomic mass is 16.5. The van der Waals surface area contributed by atoms with Gasteiger partial charge in [0.25, 0.3) is 5.91 Å². The van der Waals surface area contributed by atoms with Gasteiger partial charge < -0.3 is 4.74 Å². The summed E-state index contributed by atoms with van der Waals surface area (Å²) in [5.74, 6) is 4.86. The standard InChI is InChI=1S/C15H22N2O2/c16-17-15(18)13-7-5-6-12(10-13)11-19-14-8-3-1-2-4-9-14/h5-7,10,14H,1-4,8-9,11,16H2,(H,17,18). The van der Waals surface area contributed by atoms with Crippen LogP contribution in [0.3, 0.4) is 0 Å². The molecule has 0 spiro atoms. The van der Waals surface area contributed by atoms with Crippen LogP contribution in [0.4, 0.5) is 0 Å². The summed E-state index contributed by atoms with van der Waals surface area (Å²) in [6.07, 6.45) is 7.86. The number of nitrogens with two attached hydrogens (primary N) is 1. The maximum Gasteiger partial charge on any atom is 0.265 e. The molecule has 1 saturated carbocycles. The molecule has 19 heavy (non-hydrogen) atoms. The quantitative estimate of drug-likeness (QED) is 0.379. The SMILES string of the molecule is NNC(=O)c1cccc(COC2CCCCCC2)c1. The third-order valence-corrected chi connectivity index (χ3v) is 3.61. The fourth-order valence-corrected chi connectivity index (χ4v) is 2.51. The minimum absolute atomic E-state index is 0.267. The van der Waals surface area contributed by atoms with Gasteiger partial charge in [-0.2, -0.15) is 0 Å². The number of rotatable bonds is 4. The molecular formula is C15H22N2O2. The molecule has 3 N–H and O–H groups in total. The van der Waals surface area contributed by atoms with E-state index in [0.717, 1.165) is 18.4 Å². The van der Waals surface area contributed by atoms with Crippen molar-refractivity contribution in [3.8, 4) is 0 Å². The van der Waals surface area contributed by atoms with E-state index in [1.165, 1.54) is 25.7 Å². The summed E-state index contributed by atoms with van der Waals surface area (Å²) in [6.45, 7) is 0.566. The Morgan fingerprint density at radius 1 is 1.26 bits per heavy atom.